The van der Waals surface area contributed by atoms with Crippen LogP contribution in [0.4, 0.5) is 0 Å². The van der Waals surface area contributed by atoms with E-state index < -0.39 is 0 Å². The molecule has 4 heteroatoms. The molecule has 1 atom stereocenters. The summed E-state index contributed by atoms with van der Waals surface area (Å²) in [6.07, 6.45) is 9.64. The zero-order valence-corrected chi connectivity index (χ0v) is 8.40. The predicted molar refractivity (Wildman–Crippen MR) is 56.0 cm³/mol. The highest BCUT2D eigenvalue weighted by Gasteiger charge is 2.11. The first kappa shape index (κ1) is 10.8. The van der Waals surface area contributed by atoms with Crippen LogP contribution in [0.2, 0.25) is 0 Å². The van der Waals surface area contributed by atoms with E-state index in [1.165, 1.54) is 0 Å². The van der Waals surface area contributed by atoms with E-state index in [9.17, 15) is 0 Å². The Morgan fingerprint density at radius 1 is 1.79 bits per heavy atom. The van der Waals surface area contributed by atoms with Crippen molar-refractivity contribution in [1.29, 1.82) is 0 Å². The summed E-state index contributed by atoms with van der Waals surface area (Å²) in [7, 11) is 1.90. The van der Waals surface area contributed by atoms with E-state index in [2.05, 4.69) is 16.4 Å². The number of hydrazine groups is 1. The Balaban J connectivity index is 2.55. The molecule has 1 aromatic heterocycles. The van der Waals surface area contributed by atoms with Gasteiger partial charge in [0.2, 0.25) is 0 Å². The van der Waals surface area contributed by atoms with Crippen LogP contribution in [-0.2, 0) is 7.05 Å². The largest absolute Gasteiger partial charge is 0.271 e. The topological polar surface area (TPSA) is 55.9 Å². The van der Waals surface area contributed by atoms with Crippen LogP contribution >= 0.6 is 0 Å². The quantitative estimate of drug-likeness (QED) is 0.313. The summed E-state index contributed by atoms with van der Waals surface area (Å²) in [4.78, 5) is 0. The maximum Gasteiger partial charge on any atom is 0.0629 e. The minimum atomic E-state index is 0.135. The Kier molecular flexibility index (Phi) is 4.17. The van der Waals surface area contributed by atoms with Crippen molar-refractivity contribution in [2.24, 2.45) is 12.9 Å². The zero-order chi connectivity index (χ0) is 10.4. The zero-order valence-electron chi connectivity index (χ0n) is 8.40. The van der Waals surface area contributed by atoms with Crippen molar-refractivity contribution in [2.45, 2.75) is 25.3 Å². The van der Waals surface area contributed by atoms with Gasteiger partial charge in [-0.15, -0.1) is 12.3 Å². The van der Waals surface area contributed by atoms with Gasteiger partial charge in [0.05, 0.1) is 11.7 Å². The number of hydrogen-bond donors (Lipinski definition) is 2. The van der Waals surface area contributed by atoms with Crippen LogP contribution in [0.5, 0.6) is 0 Å². The lowest BCUT2D eigenvalue weighted by atomic mass is 10.1. The smallest absolute Gasteiger partial charge is 0.0629 e. The fraction of sp³-hybridized carbons (Fsp3) is 0.500. The fourth-order valence-corrected chi connectivity index (χ4v) is 1.45. The molecule has 0 saturated carbocycles. The van der Waals surface area contributed by atoms with Crippen molar-refractivity contribution in [1.82, 2.24) is 15.2 Å². The lowest BCUT2D eigenvalue weighted by Crippen LogP contribution is -2.29. The van der Waals surface area contributed by atoms with Crippen LogP contribution < -0.4 is 11.3 Å². The molecule has 1 heterocycles. The number of nitrogens with one attached hydrogen (secondary N) is 1. The van der Waals surface area contributed by atoms with Crippen LogP contribution in [-0.4, -0.2) is 9.78 Å². The first-order valence-electron chi connectivity index (χ1n) is 4.67. The van der Waals surface area contributed by atoms with Crippen LogP contribution in [0.15, 0.2) is 12.3 Å². The minimum Gasteiger partial charge on any atom is -0.271 e. The molecule has 0 bridgehead atoms. The number of aryl methyl sites for hydroxylation is 1. The SMILES string of the molecule is C#CCCCC(NN)c1ccnn1C. The molecule has 76 valence electrons. The summed E-state index contributed by atoms with van der Waals surface area (Å²) in [6.45, 7) is 0. The summed E-state index contributed by atoms with van der Waals surface area (Å²) in [6, 6.07) is 2.09. The molecular weight excluding hydrogens is 176 g/mol. The van der Waals surface area contributed by atoms with E-state index in [0.29, 0.717) is 0 Å². The molecule has 0 aliphatic rings. The summed E-state index contributed by atoms with van der Waals surface area (Å²) in [5, 5.41) is 4.09. The normalized spacial score (nSPS) is 12.4. The molecule has 0 aliphatic heterocycles. The molecule has 0 aliphatic carbocycles. The van der Waals surface area contributed by atoms with Crippen molar-refractivity contribution in [3.63, 3.8) is 0 Å². The second kappa shape index (κ2) is 5.43. The maximum atomic E-state index is 5.47. The molecule has 0 radical (unpaired) electrons. The molecule has 0 spiro atoms. The van der Waals surface area contributed by atoms with Gasteiger partial charge in [0.15, 0.2) is 0 Å². The van der Waals surface area contributed by atoms with Gasteiger partial charge in [-0.3, -0.25) is 16.0 Å². The number of unbranched alkanes of at least 4 members (excludes halogenated alkanes) is 1. The lowest BCUT2D eigenvalue weighted by molar-refractivity contribution is 0.470. The van der Waals surface area contributed by atoms with Gasteiger partial charge in [0, 0.05) is 19.7 Å². The van der Waals surface area contributed by atoms with Gasteiger partial charge in [-0.05, 0) is 18.9 Å². The third kappa shape index (κ3) is 2.59. The predicted octanol–water partition coefficient (Wildman–Crippen LogP) is 0.728. The highest BCUT2D eigenvalue weighted by Crippen LogP contribution is 2.16. The third-order valence-electron chi connectivity index (χ3n) is 2.23. The summed E-state index contributed by atoms with van der Waals surface area (Å²) < 4.78 is 1.82. The monoisotopic (exact) mass is 192 g/mol. The van der Waals surface area contributed by atoms with Crippen molar-refractivity contribution < 1.29 is 0 Å². The summed E-state index contributed by atoms with van der Waals surface area (Å²) in [5.41, 5.74) is 3.86. The molecule has 0 aromatic carbocycles. The van der Waals surface area contributed by atoms with Crippen LogP contribution in [0.3, 0.4) is 0 Å². The van der Waals surface area contributed by atoms with Gasteiger partial charge in [-0.1, -0.05) is 0 Å². The highest BCUT2D eigenvalue weighted by atomic mass is 15.3. The minimum absolute atomic E-state index is 0.135. The van der Waals surface area contributed by atoms with Gasteiger partial charge >= 0.3 is 0 Å². The second-order valence-corrected chi connectivity index (χ2v) is 3.20. The number of nitrogens with two attached hydrogens (primary N) is 1. The molecule has 0 saturated heterocycles. The standard InChI is InChI=1S/C10H16N4/c1-3-4-5-6-9(13-11)10-7-8-12-14(10)2/h1,7-9,13H,4-6,11H2,2H3. The first-order valence-corrected chi connectivity index (χ1v) is 4.67. The van der Waals surface area contributed by atoms with E-state index in [-0.39, 0.29) is 6.04 Å². The van der Waals surface area contributed by atoms with Gasteiger partial charge in [0.25, 0.3) is 0 Å². The molecule has 4 nitrogen and oxygen atoms in total. The molecule has 14 heavy (non-hydrogen) atoms. The Bertz CT molecular complexity index is 310. The van der Waals surface area contributed by atoms with Crippen molar-refractivity contribution in [2.75, 3.05) is 0 Å². The van der Waals surface area contributed by atoms with Gasteiger partial charge in [-0.2, -0.15) is 5.10 Å². The van der Waals surface area contributed by atoms with Crippen LogP contribution in [0, 0.1) is 12.3 Å². The fourth-order valence-electron chi connectivity index (χ4n) is 1.45. The van der Waals surface area contributed by atoms with Gasteiger partial charge in [-0.25, -0.2) is 0 Å². The van der Waals surface area contributed by atoms with Crippen molar-refractivity contribution in [3.05, 3.63) is 18.0 Å². The number of aromatic nitrogens is 2. The lowest BCUT2D eigenvalue weighted by Gasteiger charge is -2.15. The average molecular weight is 192 g/mol. The average Bonchev–Trinajstić information content (AvgIpc) is 2.60. The van der Waals surface area contributed by atoms with Crippen LogP contribution in [0.1, 0.15) is 31.0 Å². The van der Waals surface area contributed by atoms with Gasteiger partial charge < -0.3 is 0 Å². The van der Waals surface area contributed by atoms with E-state index in [4.69, 9.17) is 12.3 Å². The molecule has 1 rings (SSSR count). The molecule has 3 N–H and O–H groups in total. The van der Waals surface area contributed by atoms with E-state index in [1.807, 2.05) is 17.8 Å². The van der Waals surface area contributed by atoms with Crippen LogP contribution in [0.25, 0.3) is 0 Å². The second-order valence-electron chi connectivity index (χ2n) is 3.20. The number of hydrogen-bond acceptors (Lipinski definition) is 3. The highest BCUT2D eigenvalue weighted by molar-refractivity contribution is 5.06. The Morgan fingerprint density at radius 3 is 3.07 bits per heavy atom. The molecular formula is C10H16N4. The van der Waals surface area contributed by atoms with Gasteiger partial charge in [0.1, 0.15) is 0 Å². The van der Waals surface area contributed by atoms with Crippen molar-refractivity contribution in [3.8, 4) is 12.3 Å². The molecule has 0 fully saturated rings. The maximum absolute atomic E-state index is 5.47. The summed E-state index contributed by atoms with van der Waals surface area (Å²) >= 11 is 0. The Hall–Kier alpha value is -1.31. The molecule has 1 aromatic rings. The third-order valence-corrected chi connectivity index (χ3v) is 2.23. The molecule has 0 amide bonds. The Morgan fingerprint density at radius 2 is 2.57 bits per heavy atom. The summed E-state index contributed by atoms with van der Waals surface area (Å²) in [5.74, 6) is 8.09. The Labute approximate surface area is 84.5 Å². The molecule has 1 unspecified atom stereocenters. The van der Waals surface area contributed by atoms with E-state index >= 15 is 0 Å². The van der Waals surface area contributed by atoms with Crippen molar-refractivity contribution >= 4 is 0 Å². The number of rotatable bonds is 5. The first-order chi connectivity index (χ1) is 6.79. The van der Waals surface area contributed by atoms with E-state index in [1.54, 1.807) is 6.20 Å². The number of terminal acetylenes is 1. The van der Waals surface area contributed by atoms with E-state index in [0.717, 1.165) is 25.0 Å². The number of nitrogens with zero attached hydrogens (tertiary/aromatic N) is 2.